The predicted molar refractivity (Wildman–Crippen MR) is 102 cm³/mol. The fourth-order valence-electron chi connectivity index (χ4n) is 3.69. The Labute approximate surface area is 156 Å². The standard InChI is InChI=1S/C20H23N3O4/c1-11-6-19(25)27-17-5-12(2)16(8-15(11)17)22-20(26)21-9-13-7-18(24)23(10-13)14-3-4-14/h5-6,8,13-14H,3-4,7,9-10H2,1-2H3,(H2,21,22,26)/t13-/m1/s1. The van der Waals surface area contributed by atoms with Crippen LogP contribution in [-0.4, -0.2) is 36.0 Å². The highest BCUT2D eigenvalue weighted by Crippen LogP contribution is 2.32. The Morgan fingerprint density at radius 3 is 2.70 bits per heavy atom. The number of benzene rings is 1. The molecule has 4 rings (SSSR count). The monoisotopic (exact) mass is 369 g/mol. The molecule has 1 saturated heterocycles. The van der Waals surface area contributed by atoms with E-state index in [1.165, 1.54) is 6.07 Å². The van der Waals surface area contributed by atoms with Crippen molar-refractivity contribution in [2.24, 2.45) is 5.92 Å². The van der Waals surface area contributed by atoms with Gasteiger partial charge in [-0.15, -0.1) is 0 Å². The number of nitrogens with zero attached hydrogens (tertiary/aromatic N) is 1. The van der Waals surface area contributed by atoms with E-state index in [1.54, 1.807) is 6.07 Å². The van der Waals surface area contributed by atoms with Gasteiger partial charge in [0, 0.05) is 48.6 Å². The van der Waals surface area contributed by atoms with Crippen molar-refractivity contribution in [3.8, 4) is 0 Å². The number of nitrogens with one attached hydrogen (secondary N) is 2. The van der Waals surface area contributed by atoms with E-state index in [0.717, 1.165) is 35.9 Å². The Bertz CT molecular complexity index is 977. The molecule has 0 bridgehead atoms. The normalized spacial score (nSPS) is 19.6. The van der Waals surface area contributed by atoms with Gasteiger partial charge in [0.1, 0.15) is 5.58 Å². The number of hydrogen-bond acceptors (Lipinski definition) is 4. The fourth-order valence-corrected chi connectivity index (χ4v) is 3.69. The third-order valence-corrected chi connectivity index (χ3v) is 5.32. The first-order valence-electron chi connectivity index (χ1n) is 9.30. The zero-order valence-electron chi connectivity index (χ0n) is 15.5. The van der Waals surface area contributed by atoms with Crippen LogP contribution >= 0.6 is 0 Å². The Kier molecular flexibility index (Phi) is 4.37. The zero-order valence-corrected chi connectivity index (χ0v) is 15.5. The Hall–Kier alpha value is -2.83. The van der Waals surface area contributed by atoms with E-state index >= 15 is 0 Å². The number of fused-ring (bicyclic) bond motifs is 1. The van der Waals surface area contributed by atoms with Crippen LogP contribution in [0.15, 0.2) is 27.4 Å². The highest BCUT2D eigenvalue weighted by Gasteiger charge is 2.39. The number of amides is 3. The lowest BCUT2D eigenvalue weighted by molar-refractivity contribution is -0.128. The van der Waals surface area contributed by atoms with Crippen molar-refractivity contribution in [3.63, 3.8) is 0 Å². The van der Waals surface area contributed by atoms with Crippen LogP contribution in [0.3, 0.4) is 0 Å². The maximum atomic E-state index is 12.3. The van der Waals surface area contributed by atoms with Crippen LogP contribution in [0.5, 0.6) is 0 Å². The van der Waals surface area contributed by atoms with E-state index in [2.05, 4.69) is 10.6 Å². The van der Waals surface area contributed by atoms with Gasteiger partial charge in [-0.25, -0.2) is 9.59 Å². The molecule has 0 unspecified atom stereocenters. The second-order valence-electron chi connectivity index (χ2n) is 7.59. The van der Waals surface area contributed by atoms with Crippen LogP contribution < -0.4 is 16.3 Å². The van der Waals surface area contributed by atoms with Gasteiger partial charge in [-0.1, -0.05) is 0 Å². The van der Waals surface area contributed by atoms with Gasteiger partial charge in [-0.05, 0) is 49.9 Å². The number of carbonyl (C=O) groups is 2. The summed E-state index contributed by atoms with van der Waals surface area (Å²) in [6, 6.07) is 5.13. The van der Waals surface area contributed by atoms with Crippen molar-refractivity contribution in [3.05, 3.63) is 39.7 Å². The highest BCUT2D eigenvalue weighted by atomic mass is 16.4. The summed E-state index contributed by atoms with van der Waals surface area (Å²) in [6.45, 7) is 4.89. The number of aryl methyl sites for hydroxylation is 2. The second-order valence-corrected chi connectivity index (χ2v) is 7.59. The molecule has 2 aliphatic rings. The van der Waals surface area contributed by atoms with E-state index in [-0.39, 0.29) is 23.5 Å². The molecule has 7 heteroatoms. The molecule has 2 N–H and O–H groups in total. The van der Waals surface area contributed by atoms with Crippen LogP contribution in [0.1, 0.15) is 30.4 Å². The van der Waals surface area contributed by atoms with E-state index in [4.69, 9.17) is 4.42 Å². The summed E-state index contributed by atoms with van der Waals surface area (Å²) in [4.78, 5) is 37.8. The molecule has 1 aromatic carbocycles. The van der Waals surface area contributed by atoms with Crippen LogP contribution in [0.4, 0.5) is 10.5 Å². The number of hydrogen-bond donors (Lipinski definition) is 2. The Morgan fingerprint density at radius 2 is 1.96 bits per heavy atom. The minimum Gasteiger partial charge on any atom is -0.423 e. The van der Waals surface area contributed by atoms with Gasteiger partial charge in [-0.3, -0.25) is 4.79 Å². The first-order chi connectivity index (χ1) is 12.9. The number of carbonyl (C=O) groups excluding carboxylic acids is 2. The number of rotatable bonds is 4. The largest absolute Gasteiger partial charge is 0.423 e. The maximum Gasteiger partial charge on any atom is 0.336 e. The first kappa shape index (κ1) is 17.6. The van der Waals surface area contributed by atoms with Gasteiger partial charge >= 0.3 is 11.7 Å². The molecule has 2 aromatic rings. The molecule has 1 aliphatic heterocycles. The van der Waals surface area contributed by atoms with Crippen molar-refractivity contribution in [2.45, 2.75) is 39.2 Å². The van der Waals surface area contributed by atoms with Gasteiger partial charge in [-0.2, -0.15) is 0 Å². The third kappa shape index (κ3) is 3.67. The molecule has 3 amide bonds. The summed E-state index contributed by atoms with van der Waals surface area (Å²) in [5.74, 6) is 0.366. The molecular weight excluding hydrogens is 346 g/mol. The Morgan fingerprint density at radius 1 is 1.19 bits per heavy atom. The van der Waals surface area contributed by atoms with Crippen molar-refractivity contribution in [2.75, 3.05) is 18.4 Å². The SMILES string of the molecule is Cc1cc2oc(=O)cc(C)c2cc1NC(=O)NC[C@H]1CC(=O)N(C2CC2)C1. The van der Waals surface area contributed by atoms with Crippen molar-refractivity contribution in [1.29, 1.82) is 0 Å². The number of urea groups is 1. The van der Waals surface area contributed by atoms with Crippen LogP contribution in [0, 0.1) is 19.8 Å². The molecule has 7 nitrogen and oxygen atoms in total. The Balaban J connectivity index is 1.40. The average Bonchev–Trinajstić information content (AvgIpc) is 3.37. The molecule has 27 heavy (non-hydrogen) atoms. The average molecular weight is 369 g/mol. The minimum atomic E-state index is -0.385. The van der Waals surface area contributed by atoms with E-state index in [0.29, 0.717) is 30.3 Å². The molecular formula is C20H23N3O4. The maximum absolute atomic E-state index is 12.3. The topological polar surface area (TPSA) is 91.6 Å². The summed E-state index contributed by atoms with van der Waals surface area (Å²) < 4.78 is 5.22. The molecule has 1 aliphatic carbocycles. The van der Waals surface area contributed by atoms with Crippen LogP contribution in [0.2, 0.25) is 0 Å². The zero-order chi connectivity index (χ0) is 19.1. The van der Waals surface area contributed by atoms with Gasteiger partial charge in [0.15, 0.2) is 0 Å². The van der Waals surface area contributed by atoms with Gasteiger partial charge < -0.3 is 20.0 Å². The fraction of sp³-hybridized carbons (Fsp3) is 0.450. The molecule has 2 fully saturated rings. The molecule has 0 radical (unpaired) electrons. The quantitative estimate of drug-likeness (QED) is 0.810. The smallest absolute Gasteiger partial charge is 0.336 e. The van der Waals surface area contributed by atoms with Crippen LogP contribution in [-0.2, 0) is 4.79 Å². The molecule has 1 saturated carbocycles. The predicted octanol–water partition coefficient (Wildman–Crippen LogP) is 2.54. The molecule has 1 aromatic heterocycles. The summed E-state index contributed by atoms with van der Waals surface area (Å²) in [5.41, 5.74) is 2.40. The summed E-state index contributed by atoms with van der Waals surface area (Å²) >= 11 is 0. The molecule has 142 valence electrons. The highest BCUT2D eigenvalue weighted by molar-refractivity contribution is 5.94. The lowest BCUT2D eigenvalue weighted by Gasteiger charge is -2.16. The van der Waals surface area contributed by atoms with Crippen molar-refractivity contribution in [1.82, 2.24) is 10.2 Å². The van der Waals surface area contributed by atoms with Crippen molar-refractivity contribution >= 4 is 28.6 Å². The van der Waals surface area contributed by atoms with Crippen LogP contribution in [0.25, 0.3) is 11.0 Å². The first-order valence-corrected chi connectivity index (χ1v) is 9.30. The van der Waals surface area contributed by atoms with Gasteiger partial charge in [0.05, 0.1) is 0 Å². The van der Waals surface area contributed by atoms with E-state index in [1.807, 2.05) is 24.8 Å². The number of likely N-dealkylation sites (tertiary alicyclic amines) is 1. The summed E-state index contributed by atoms with van der Waals surface area (Å²) in [6.07, 6.45) is 2.71. The van der Waals surface area contributed by atoms with E-state index in [9.17, 15) is 14.4 Å². The molecule has 2 heterocycles. The number of anilines is 1. The van der Waals surface area contributed by atoms with Crippen molar-refractivity contribution < 1.29 is 14.0 Å². The van der Waals surface area contributed by atoms with Gasteiger partial charge in [0.25, 0.3) is 0 Å². The van der Waals surface area contributed by atoms with E-state index < -0.39 is 0 Å². The lowest BCUT2D eigenvalue weighted by Crippen LogP contribution is -2.34. The summed E-state index contributed by atoms with van der Waals surface area (Å²) in [7, 11) is 0. The lowest BCUT2D eigenvalue weighted by atomic mass is 10.1. The molecule has 0 spiro atoms. The summed E-state index contributed by atoms with van der Waals surface area (Å²) in [5, 5.41) is 6.52. The third-order valence-electron chi connectivity index (χ3n) is 5.32. The second kappa shape index (κ2) is 6.72. The van der Waals surface area contributed by atoms with Gasteiger partial charge in [0.2, 0.25) is 5.91 Å². The molecule has 1 atom stereocenters. The minimum absolute atomic E-state index is 0.165.